The van der Waals surface area contributed by atoms with E-state index in [9.17, 15) is 4.79 Å². The Morgan fingerprint density at radius 1 is 1.14 bits per heavy atom. The summed E-state index contributed by atoms with van der Waals surface area (Å²) < 4.78 is 10.1. The molecule has 2 N–H and O–H groups in total. The minimum absolute atomic E-state index is 0.00926. The summed E-state index contributed by atoms with van der Waals surface area (Å²) in [6.45, 7) is 10.8. The van der Waals surface area contributed by atoms with Crippen molar-refractivity contribution in [2.45, 2.75) is 40.9 Å². The van der Waals surface area contributed by atoms with E-state index in [4.69, 9.17) is 15.2 Å². The van der Waals surface area contributed by atoms with Gasteiger partial charge < -0.3 is 15.2 Å². The van der Waals surface area contributed by atoms with Crippen molar-refractivity contribution in [3.05, 3.63) is 0 Å². The zero-order valence-corrected chi connectivity index (χ0v) is 9.87. The minimum atomic E-state index is -0.241. The molecule has 0 saturated heterocycles. The Bertz CT molecular complexity index is 131. The average Bonchev–Trinajstić information content (AvgIpc) is 2.06. The van der Waals surface area contributed by atoms with Crippen LogP contribution in [-0.4, -0.2) is 25.4 Å². The van der Waals surface area contributed by atoms with Crippen LogP contribution in [0.2, 0.25) is 0 Å². The van der Waals surface area contributed by atoms with Crippen LogP contribution in [0.5, 0.6) is 0 Å². The Labute approximate surface area is 86.8 Å². The molecule has 0 spiro atoms. The highest BCUT2D eigenvalue weighted by Crippen LogP contribution is 1.90. The summed E-state index contributed by atoms with van der Waals surface area (Å²) in [5.74, 6) is -0.250. The Morgan fingerprint density at radius 2 is 1.43 bits per heavy atom. The van der Waals surface area contributed by atoms with E-state index in [1.165, 1.54) is 0 Å². The predicted molar refractivity (Wildman–Crippen MR) is 56.7 cm³/mol. The van der Waals surface area contributed by atoms with Crippen molar-refractivity contribution in [3.63, 3.8) is 0 Å². The summed E-state index contributed by atoms with van der Waals surface area (Å²) in [5.41, 5.74) is 4.80. The third-order valence-corrected chi connectivity index (χ3v) is 1.37. The van der Waals surface area contributed by atoms with Gasteiger partial charge in [-0.25, -0.2) is 0 Å². The number of hydrogen-bond acceptors (Lipinski definition) is 3. The molecule has 0 saturated carbocycles. The van der Waals surface area contributed by atoms with Crippen LogP contribution in [0.15, 0.2) is 0 Å². The molecular formula is C10H23NO3. The topological polar surface area (TPSA) is 61.6 Å². The van der Waals surface area contributed by atoms with Crippen LogP contribution >= 0.6 is 0 Å². The molecule has 0 radical (unpaired) electrons. The molecule has 0 fully saturated rings. The average molecular weight is 205 g/mol. The van der Waals surface area contributed by atoms with Gasteiger partial charge in [0.2, 0.25) is 5.91 Å². The van der Waals surface area contributed by atoms with E-state index in [1.807, 2.05) is 20.8 Å². The molecule has 0 atom stereocenters. The van der Waals surface area contributed by atoms with Gasteiger partial charge in [0.05, 0.1) is 0 Å². The number of carbonyl (C=O) groups excluding carboxylic acids is 1. The van der Waals surface area contributed by atoms with E-state index in [-0.39, 0.29) is 18.1 Å². The van der Waals surface area contributed by atoms with Gasteiger partial charge in [-0.2, -0.15) is 0 Å². The highest BCUT2D eigenvalue weighted by molar-refractivity contribution is 5.75. The van der Waals surface area contributed by atoms with E-state index in [0.717, 1.165) is 13.2 Å². The minimum Gasteiger partial charge on any atom is -0.369 e. The van der Waals surface area contributed by atoms with Gasteiger partial charge in [0.1, 0.15) is 0 Å². The normalized spacial score (nSPS) is 9.93. The van der Waals surface area contributed by atoms with Gasteiger partial charge in [-0.1, -0.05) is 13.8 Å². The summed E-state index contributed by atoms with van der Waals surface area (Å²) in [6.07, 6.45) is -0.0370. The lowest BCUT2D eigenvalue weighted by Gasteiger charge is -2.09. The third kappa shape index (κ3) is 13.9. The number of amides is 1. The molecule has 0 aliphatic rings. The van der Waals surface area contributed by atoms with Crippen LogP contribution < -0.4 is 5.73 Å². The molecule has 0 aliphatic heterocycles. The van der Waals surface area contributed by atoms with Gasteiger partial charge >= 0.3 is 0 Å². The standard InChI is InChI=1S/C6H14O2.C4H9NO/c1-4-7-6(3)8-5-2;1-3(2)4(5)6/h6H,4-5H2,1-3H3;3H,1-2H3,(H2,5,6). The van der Waals surface area contributed by atoms with Gasteiger partial charge in [-0.3, -0.25) is 4.79 Å². The van der Waals surface area contributed by atoms with Crippen LogP contribution in [-0.2, 0) is 14.3 Å². The monoisotopic (exact) mass is 205 g/mol. The van der Waals surface area contributed by atoms with Crippen molar-refractivity contribution < 1.29 is 14.3 Å². The Balaban J connectivity index is 0. The molecule has 0 heterocycles. The maximum absolute atomic E-state index is 9.92. The Kier molecular flexibility index (Phi) is 11.9. The molecule has 4 heteroatoms. The fourth-order valence-electron chi connectivity index (χ4n) is 0.518. The second-order valence-corrected chi connectivity index (χ2v) is 3.04. The molecule has 0 aromatic carbocycles. The van der Waals surface area contributed by atoms with E-state index >= 15 is 0 Å². The van der Waals surface area contributed by atoms with E-state index in [2.05, 4.69) is 0 Å². The van der Waals surface area contributed by atoms with Crippen molar-refractivity contribution >= 4 is 5.91 Å². The Hall–Kier alpha value is -0.610. The van der Waals surface area contributed by atoms with Gasteiger partial charge in [-0.05, 0) is 20.8 Å². The molecule has 0 rings (SSSR count). The van der Waals surface area contributed by atoms with Gasteiger partial charge in [0, 0.05) is 19.1 Å². The van der Waals surface area contributed by atoms with Crippen LogP contribution in [0.1, 0.15) is 34.6 Å². The molecule has 14 heavy (non-hydrogen) atoms. The maximum atomic E-state index is 9.92. The predicted octanol–water partition coefficient (Wildman–Crippen LogP) is 1.53. The van der Waals surface area contributed by atoms with Crippen molar-refractivity contribution in [2.24, 2.45) is 11.7 Å². The second-order valence-electron chi connectivity index (χ2n) is 3.04. The first kappa shape index (κ1) is 15.8. The fourth-order valence-corrected chi connectivity index (χ4v) is 0.518. The van der Waals surface area contributed by atoms with E-state index in [0.29, 0.717) is 0 Å². The highest BCUT2D eigenvalue weighted by atomic mass is 16.7. The lowest BCUT2D eigenvalue weighted by atomic mass is 10.2. The molecule has 0 unspecified atom stereocenters. The summed E-state index contributed by atoms with van der Waals surface area (Å²) in [6, 6.07) is 0. The fraction of sp³-hybridized carbons (Fsp3) is 0.900. The van der Waals surface area contributed by atoms with Crippen molar-refractivity contribution in [1.29, 1.82) is 0 Å². The maximum Gasteiger partial charge on any atom is 0.219 e. The summed E-state index contributed by atoms with van der Waals surface area (Å²) in [4.78, 5) is 9.92. The van der Waals surface area contributed by atoms with Gasteiger partial charge in [0.15, 0.2) is 6.29 Å². The molecule has 0 aromatic rings. The number of ether oxygens (including phenoxy) is 2. The van der Waals surface area contributed by atoms with Gasteiger partial charge in [-0.15, -0.1) is 0 Å². The smallest absolute Gasteiger partial charge is 0.219 e. The highest BCUT2D eigenvalue weighted by Gasteiger charge is 1.96. The molecular weight excluding hydrogens is 182 g/mol. The summed E-state index contributed by atoms with van der Waals surface area (Å²) >= 11 is 0. The third-order valence-electron chi connectivity index (χ3n) is 1.37. The van der Waals surface area contributed by atoms with E-state index in [1.54, 1.807) is 13.8 Å². The van der Waals surface area contributed by atoms with Crippen LogP contribution in [0, 0.1) is 5.92 Å². The van der Waals surface area contributed by atoms with E-state index < -0.39 is 0 Å². The first-order chi connectivity index (χ1) is 6.45. The molecule has 0 bridgehead atoms. The second kappa shape index (κ2) is 10.5. The molecule has 0 aromatic heterocycles. The molecule has 4 nitrogen and oxygen atoms in total. The first-order valence-electron chi connectivity index (χ1n) is 4.98. The lowest BCUT2D eigenvalue weighted by molar-refractivity contribution is -0.123. The summed E-state index contributed by atoms with van der Waals surface area (Å²) in [7, 11) is 0. The zero-order valence-electron chi connectivity index (χ0n) is 9.87. The number of nitrogens with two attached hydrogens (primary N) is 1. The Morgan fingerprint density at radius 3 is 1.57 bits per heavy atom. The zero-order chi connectivity index (χ0) is 11.6. The first-order valence-corrected chi connectivity index (χ1v) is 4.98. The van der Waals surface area contributed by atoms with Crippen molar-refractivity contribution in [3.8, 4) is 0 Å². The van der Waals surface area contributed by atoms with Crippen LogP contribution in [0.25, 0.3) is 0 Å². The largest absolute Gasteiger partial charge is 0.369 e. The number of hydrogen-bond donors (Lipinski definition) is 1. The van der Waals surface area contributed by atoms with Crippen molar-refractivity contribution in [2.75, 3.05) is 13.2 Å². The molecule has 0 aliphatic carbocycles. The van der Waals surface area contributed by atoms with Gasteiger partial charge in [0.25, 0.3) is 0 Å². The number of carbonyl (C=O) groups is 1. The lowest BCUT2D eigenvalue weighted by Crippen LogP contribution is -2.17. The quantitative estimate of drug-likeness (QED) is 0.692. The molecule has 1 amide bonds. The SMILES string of the molecule is CC(C)C(N)=O.CCOC(C)OCC. The number of primary amides is 1. The molecule has 86 valence electrons. The van der Waals surface area contributed by atoms with Crippen LogP contribution in [0.4, 0.5) is 0 Å². The summed E-state index contributed by atoms with van der Waals surface area (Å²) in [5, 5.41) is 0. The van der Waals surface area contributed by atoms with Crippen molar-refractivity contribution in [1.82, 2.24) is 0 Å². The number of rotatable bonds is 5. The van der Waals surface area contributed by atoms with Crippen LogP contribution in [0.3, 0.4) is 0 Å².